The van der Waals surface area contributed by atoms with Gasteiger partial charge >= 0.3 is 6.01 Å². The Morgan fingerprint density at radius 3 is 2.21 bits per heavy atom. The maximum atomic E-state index is 5.48. The van der Waals surface area contributed by atoms with Crippen molar-refractivity contribution in [3.63, 3.8) is 0 Å². The number of ether oxygens (including phenoxy) is 1. The summed E-state index contributed by atoms with van der Waals surface area (Å²) in [6.07, 6.45) is 0.975. The fraction of sp³-hybridized carbons (Fsp3) is 0.750. The van der Waals surface area contributed by atoms with Crippen molar-refractivity contribution in [3.8, 4) is 6.01 Å². The number of rotatable bonds is 7. The molecule has 7 heteroatoms. The molecule has 0 aliphatic rings. The molecular weight excluding hydrogens is 244 g/mol. The summed E-state index contributed by atoms with van der Waals surface area (Å²) in [5.74, 6) is 6.59. The van der Waals surface area contributed by atoms with Crippen molar-refractivity contribution in [2.45, 2.75) is 53.2 Å². The normalized spacial score (nSPS) is 12.6. The lowest BCUT2D eigenvalue weighted by Crippen LogP contribution is -2.26. The van der Waals surface area contributed by atoms with Crippen molar-refractivity contribution in [1.82, 2.24) is 15.0 Å². The standard InChI is InChI=1S/C12H24N6O/c1-6-9(7(2)3)14-10-15-11(18-13)17-12(16-10)19-8(4)5/h7-9H,6,13H2,1-5H3,(H2,14,15,16,17,18). The van der Waals surface area contributed by atoms with Gasteiger partial charge in [-0.05, 0) is 26.2 Å². The lowest BCUT2D eigenvalue weighted by atomic mass is 10.0. The molecule has 0 amide bonds. The zero-order valence-corrected chi connectivity index (χ0v) is 12.3. The summed E-state index contributed by atoms with van der Waals surface area (Å²) < 4.78 is 5.48. The SMILES string of the molecule is CCC(Nc1nc(NN)nc(OC(C)C)n1)C(C)C. The van der Waals surface area contributed by atoms with Gasteiger partial charge in [0.15, 0.2) is 0 Å². The van der Waals surface area contributed by atoms with Gasteiger partial charge in [-0.25, -0.2) is 5.84 Å². The van der Waals surface area contributed by atoms with E-state index in [1.807, 2.05) is 13.8 Å². The minimum absolute atomic E-state index is 0.00653. The van der Waals surface area contributed by atoms with Crippen molar-refractivity contribution in [2.75, 3.05) is 10.7 Å². The van der Waals surface area contributed by atoms with Crippen LogP contribution in [-0.2, 0) is 0 Å². The molecule has 0 aliphatic heterocycles. The maximum Gasteiger partial charge on any atom is 0.323 e. The van der Waals surface area contributed by atoms with Crippen LogP contribution in [0.3, 0.4) is 0 Å². The van der Waals surface area contributed by atoms with E-state index in [4.69, 9.17) is 10.6 Å². The number of hydrogen-bond donors (Lipinski definition) is 3. The Bertz CT molecular complexity index is 396. The number of nitrogens with one attached hydrogen (secondary N) is 2. The molecule has 1 aromatic heterocycles. The summed E-state index contributed by atoms with van der Waals surface area (Å²) in [5.41, 5.74) is 2.42. The summed E-state index contributed by atoms with van der Waals surface area (Å²) in [6, 6.07) is 0.555. The molecule has 108 valence electrons. The molecule has 0 spiro atoms. The van der Waals surface area contributed by atoms with E-state index < -0.39 is 0 Å². The van der Waals surface area contributed by atoms with Crippen LogP contribution in [0.4, 0.5) is 11.9 Å². The van der Waals surface area contributed by atoms with Crippen LogP contribution < -0.4 is 21.3 Å². The maximum absolute atomic E-state index is 5.48. The number of hydrazine groups is 1. The second kappa shape index (κ2) is 7.08. The lowest BCUT2D eigenvalue weighted by molar-refractivity contribution is 0.222. The first kappa shape index (κ1) is 15.4. The molecule has 0 saturated carbocycles. The van der Waals surface area contributed by atoms with Crippen molar-refractivity contribution in [2.24, 2.45) is 11.8 Å². The van der Waals surface area contributed by atoms with Crippen LogP contribution in [0.25, 0.3) is 0 Å². The molecule has 1 unspecified atom stereocenters. The summed E-state index contributed by atoms with van der Waals surface area (Å²) in [4.78, 5) is 12.5. The molecule has 7 nitrogen and oxygen atoms in total. The lowest BCUT2D eigenvalue weighted by Gasteiger charge is -2.21. The highest BCUT2D eigenvalue weighted by Gasteiger charge is 2.14. The first-order chi connectivity index (χ1) is 8.96. The topological polar surface area (TPSA) is 98.0 Å². The Morgan fingerprint density at radius 1 is 1.11 bits per heavy atom. The molecule has 0 aromatic carbocycles. The highest BCUT2D eigenvalue weighted by Crippen LogP contribution is 2.16. The molecule has 0 fully saturated rings. The molecule has 1 rings (SSSR count). The van der Waals surface area contributed by atoms with E-state index in [1.165, 1.54) is 0 Å². The van der Waals surface area contributed by atoms with Crippen LogP contribution in [0.1, 0.15) is 41.0 Å². The van der Waals surface area contributed by atoms with Crippen molar-refractivity contribution in [3.05, 3.63) is 0 Å². The van der Waals surface area contributed by atoms with E-state index in [0.29, 0.717) is 17.9 Å². The smallest absolute Gasteiger partial charge is 0.323 e. The summed E-state index contributed by atoms with van der Waals surface area (Å²) in [5, 5.41) is 3.28. The van der Waals surface area contributed by atoms with Crippen LogP contribution in [0.15, 0.2) is 0 Å². The minimum Gasteiger partial charge on any atom is -0.461 e. The predicted molar refractivity (Wildman–Crippen MR) is 75.9 cm³/mol. The van der Waals surface area contributed by atoms with Gasteiger partial charge in [0.2, 0.25) is 11.9 Å². The molecule has 1 atom stereocenters. The molecule has 1 heterocycles. The Morgan fingerprint density at radius 2 is 1.74 bits per heavy atom. The third-order valence-electron chi connectivity index (χ3n) is 2.64. The first-order valence-electron chi connectivity index (χ1n) is 6.62. The predicted octanol–water partition coefficient (Wildman–Crippen LogP) is 1.79. The fourth-order valence-electron chi connectivity index (χ4n) is 1.66. The van der Waals surface area contributed by atoms with Crippen LogP contribution in [-0.4, -0.2) is 27.1 Å². The van der Waals surface area contributed by atoms with Gasteiger partial charge in [0, 0.05) is 6.04 Å². The molecule has 0 bridgehead atoms. The van der Waals surface area contributed by atoms with Crippen LogP contribution in [0, 0.1) is 5.92 Å². The Hall–Kier alpha value is -1.63. The second-order valence-electron chi connectivity index (χ2n) is 4.98. The van der Waals surface area contributed by atoms with Gasteiger partial charge in [-0.2, -0.15) is 15.0 Å². The third kappa shape index (κ3) is 4.86. The summed E-state index contributed by atoms with van der Waals surface area (Å²) in [6.45, 7) is 10.2. The summed E-state index contributed by atoms with van der Waals surface area (Å²) >= 11 is 0. The van der Waals surface area contributed by atoms with E-state index >= 15 is 0 Å². The van der Waals surface area contributed by atoms with Gasteiger partial charge in [0.1, 0.15) is 0 Å². The molecule has 1 aromatic rings. The van der Waals surface area contributed by atoms with Gasteiger partial charge in [0.05, 0.1) is 6.10 Å². The van der Waals surface area contributed by atoms with E-state index in [-0.39, 0.29) is 18.1 Å². The largest absolute Gasteiger partial charge is 0.461 e. The van der Waals surface area contributed by atoms with Gasteiger partial charge in [-0.1, -0.05) is 20.8 Å². The molecule has 0 aliphatic carbocycles. The average Bonchev–Trinajstić information content (AvgIpc) is 2.34. The zero-order chi connectivity index (χ0) is 14.4. The Kier molecular flexibility index (Phi) is 5.75. The van der Waals surface area contributed by atoms with E-state index in [2.05, 4.69) is 46.5 Å². The van der Waals surface area contributed by atoms with E-state index in [9.17, 15) is 0 Å². The number of hydrogen-bond acceptors (Lipinski definition) is 7. The average molecular weight is 268 g/mol. The van der Waals surface area contributed by atoms with Crippen molar-refractivity contribution < 1.29 is 4.74 Å². The summed E-state index contributed by atoms with van der Waals surface area (Å²) in [7, 11) is 0. The number of nitrogens with two attached hydrogens (primary N) is 1. The molecule has 0 saturated heterocycles. The number of anilines is 2. The fourth-order valence-corrected chi connectivity index (χ4v) is 1.66. The quantitative estimate of drug-likeness (QED) is 0.512. The van der Waals surface area contributed by atoms with Gasteiger partial charge in [0.25, 0.3) is 0 Å². The van der Waals surface area contributed by atoms with E-state index in [1.54, 1.807) is 0 Å². The Balaban J connectivity index is 2.92. The molecular formula is C12H24N6O. The van der Waals surface area contributed by atoms with Gasteiger partial charge < -0.3 is 10.1 Å². The Labute approximate surface area is 114 Å². The van der Waals surface area contributed by atoms with Gasteiger partial charge in [-0.15, -0.1) is 0 Å². The zero-order valence-electron chi connectivity index (χ0n) is 12.3. The van der Waals surface area contributed by atoms with Crippen molar-refractivity contribution in [1.29, 1.82) is 0 Å². The first-order valence-corrected chi connectivity index (χ1v) is 6.62. The highest BCUT2D eigenvalue weighted by atomic mass is 16.5. The van der Waals surface area contributed by atoms with Gasteiger partial charge in [-0.3, -0.25) is 5.43 Å². The highest BCUT2D eigenvalue weighted by molar-refractivity contribution is 5.35. The number of nitrogens with zero attached hydrogens (tertiary/aromatic N) is 3. The second-order valence-corrected chi connectivity index (χ2v) is 4.98. The monoisotopic (exact) mass is 268 g/mol. The molecule has 0 radical (unpaired) electrons. The van der Waals surface area contributed by atoms with Crippen molar-refractivity contribution >= 4 is 11.9 Å². The number of aromatic nitrogens is 3. The number of nitrogen functional groups attached to an aromatic ring is 1. The van der Waals surface area contributed by atoms with Crippen LogP contribution in [0.2, 0.25) is 0 Å². The third-order valence-corrected chi connectivity index (χ3v) is 2.64. The minimum atomic E-state index is -0.00653. The van der Waals surface area contributed by atoms with Crippen LogP contribution in [0.5, 0.6) is 6.01 Å². The van der Waals surface area contributed by atoms with Crippen LogP contribution >= 0.6 is 0 Å². The van der Waals surface area contributed by atoms with E-state index in [0.717, 1.165) is 6.42 Å². The molecule has 4 N–H and O–H groups in total. The molecule has 19 heavy (non-hydrogen) atoms.